The molecule has 7 amide bonds. The lowest BCUT2D eigenvalue weighted by molar-refractivity contribution is -0.140. The van der Waals surface area contributed by atoms with Crippen molar-refractivity contribution in [3.8, 4) is 0 Å². The molecule has 0 bridgehead atoms. The SMILES string of the molecule is C[C@@H]1CN(C(=O)c2ccc(NC(=O)/C(N)=C/C(OCc3c(Cl)ccc(F)c3Cl)=C(N)N)cc2)C[C@H](C)N1C(=O)CCOCCOCCOCCOCCNc1cccc2c1C(=O)N(C1CCC(=O)NC1=O)C2=O. The Kier molecular flexibility index (Phi) is 19.9. The van der Waals surface area contributed by atoms with Gasteiger partial charge in [0.05, 0.1) is 75.4 Å². The van der Waals surface area contributed by atoms with Gasteiger partial charge in [0, 0.05) is 71.7 Å². The van der Waals surface area contributed by atoms with Crippen molar-refractivity contribution >= 4 is 75.9 Å². The fourth-order valence-corrected chi connectivity index (χ4v) is 8.78. The van der Waals surface area contributed by atoms with Crippen LogP contribution in [0.15, 0.2) is 78.0 Å². The highest BCUT2D eigenvalue weighted by atomic mass is 35.5. The Labute approximate surface area is 430 Å². The standard InChI is InChI=1S/C49H58Cl2FN9O12/c1-28-25-59(47(66)30-6-8-31(9-7-30)57-45(64)36(53)24-39(44(54)55)73-27-33-34(50)10-11-35(52)43(33)51)26-29(2)60(28)41(63)14-16-69-18-20-71-22-23-72-21-19-70-17-15-56-37-5-3-4-32-42(37)49(68)61(48(32)67)38-12-13-40(62)58-46(38)65/h3-11,24,28-29,38,56H,12-23,25-27,53-55H2,1-2H3,(H,57,64)(H,58,62,65)/b36-24-/t28-,29+,38?. The van der Waals surface area contributed by atoms with Gasteiger partial charge in [-0.3, -0.25) is 43.8 Å². The zero-order chi connectivity index (χ0) is 52.8. The molecular weight excluding hydrogens is 996 g/mol. The van der Waals surface area contributed by atoms with Crippen LogP contribution in [0.1, 0.15) is 69.7 Å². The summed E-state index contributed by atoms with van der Waals surface area (Å²) in [4.78, 5) is 94.2. The lowest BCUT2D eigenvalue weighted by Crippen LogP contribution is -2.59. The average Bonchev–Trinajstić information content (AvgIpc) is 3.61. The molecule has 392 valence electrons. The molecule has 6 rings (SSSR count). The first kappa shape index (κ1) is 55.5. The first-order chi connectivity index (χ1) is 35.0. The quantitative estimate of drug-likeness (QED) is 0.0188. The molecule has 1 unspecified atom stereocenters. The number of benzene rings is 3. The van der Waals surface area contributed by atoms with E-state index in [2.05, 4.69) is 16.0 Å². The van der Waals surface area contributed by atoms with Gasteiger partial charge in [0.1, 0.15) is 30.0 Å². The Morgan fingerprint density at radius 2 is 1.45 bits per heavy atom. The number of nitrogens with zero attached hydrogens (tertiary/aromatic N) is 3. The summed E-state index contributed by atoms with van der Waals surface area (Å²) in [5.41, 5.74) is 18.8. The molecule has 21 nitrogen and oxygen atoms in total. The molecule has 2 fully saturated rings. The Hall–Kier alpha value is -6.82. The second-order valence-electron chi connectivity index (χ2n) is 17.1. The molecule has 0 spiro atoms. The van der Waals surface area contributed by atoms with E-state index in [1.54, 1.807) is 46.2 Å². The summed E-state index contributed by atoms with van der Waals surface area (Å²) < 4.78 is 41.9. The third-order valence-electron chi connectivity index (χ3n) is 11.8. The van der Waals surface area contributed by atoms with Gasteiger partial charge in [-0.2, -0.15) is 0 Å². The molecular formula is C49H58Cl2FN9O12. The van der Waals surface area contributed by atoms with Gasteiger partial charge in [-0.05, 0) is 68.8 Å². The van der Waals surface area contributed by atoms with Gasteiger partial charge in [-0.25, -0.2) is 4.39 Å². The van der Waals surface area contributed by atoms with E-state index in [9.17, 15) is 38.0 Å². The van der Waals surface area contributed by atoms with Crippen molar-refractivity contribution in [3.63, 3.8) is 0 Å². The second-order valence-corrected chi connectivity index (χ2v) is 17.9. The molecule has 3 aromatic rings. The molecule has 3 heterocycles. The van der Waals surface area contributed by atoms with E-state index in [4.69, 9.17) is 64.1 Å². The number of piperazine rings is 1. The summed E-state index contributed by atoms with van der Waals surface area (Å²) in [6.45, 7) is 6.77. The van der Waals surface area contributed by atoms with Crippen LogP contribution in [0.2, 0.25) is 10.0 Å². The molecule has 3 aromatic carbocycles. The highest BCUT2D eigenvalue weighted by Crippen LogP contribution is 2.33. The van der Waals surface area contributed by atoms with E-state index in [1.165, 1.54) is 12.1 Å². The van der Waals surface area contributed by atoms with Crippen molar-refractivity contribution in [3.05, 3.63) is 116 Å². The van der Waals surface area contributed by atoms with E-state index in [-0.39, 0.29) is 114 Å². The average molecular weight is 1050 g/mol. The maximum atomic E-state index is 13.9. The molecule has 24 heteroatoms. The number of amides is 7. The van der Waals surface area contributed by atoms with Gasteiger partial charge in [0.2, 0.25) is 17.7 Å². The summed E-state index contributed by atoms with van der Waals surface area (Å²) in [5, 5.41) is 7.83. The predicted octanol–water partition coefficient (Wildman–Crippen LogP) is 3.25. The number of carbonyl (C=O) groups excluding carboxylic acids is 7. The summed E-state index contributed by atoms with van der Waals surface area (Å²) in [6, 6.07) is 11.9. The molecule has 73 heavy (non-hydrogen) atoms. The number of halogens is 3. The maximum absolute atomic E-state index is 13.9. The van der Waals surface area contributed by atoms with Crippen molar-refractivity contribution < 1.29 is 61.6 Å². The van der Waals surface area contributed by atoms with E-state index in [1.807, 2.05) is 13.8 Å². The highest BCUT2D eigenvalue weighted by Gasteiger charge is 2.45. The molecule has 0 saturated carbocycles. The number of fused-ring (bicyclic) bond motifs is 1. The number of nitrogens with two attached hydrogens (primary N) is 3. The normalized spacial score (nSPS) is 17.8. The largest absolute Gasteiger partial charge is 0.485 e. The number of piperidine rings is 1. The number of hydrogen-bond donors (Lipinski definition) is 6. The number of anilines is 2. The molecule has 2 saturated heterocycles. The van der Waals surface area contributed by atoms with Crippen molar-refractivity contribution in [2.45, 2.75) is 57.8 Å². The number of allylic oxidation sites excluding steroid dienone is 1. The van der Waals surface area contributed by atoms with Gasteiger partial charge in [-0.1, -0.05) is 29.3 Å². The molecule has 3 aliphatic heterocycles. The number of imide groups is 2. The van der Waals surface area contributed by atoms with E-state index in [0.29, 0.717) is 69.6 Å². The summed E-state index contributed by atoms with van der Waals surface area (Å²) in [5.74, 6) is -4.51. The number of carbonyl (C=O) groups is 7. The first-order valence-electron chi connectivity index (χ1n) is 23.4. The van der Waals surface area contributed by atoms with Gasteiger partial charge in [0.25, 0.3) is 23.6 Å². The van der Waals surface area contributed by atoms with Gasteiger partial charge in [0.15, 0.2) is 5.76 Å². The fraction of sp³-hybridized carbons (Fsp3) is 0.408. The van der Waals surface area contributed by atoms with Crippen LogP contribution in [0.25, 0.3) is 0 Å². The first-order valence-corrected chi connectivity index (χ1v) is 24.1. The van der Waals surface area contributed by atoms with Gasteiger partial charge < -0.3 is 61.3 Å². The molecule has 0 radical (unpaired) electrons. The van der Waals surface area contributed by atoms with Crippen molar-refractivity contribution in [1.82, 2.24) is 20.0 Å². The van der Waals surface area contributed by atoms with Crippen LogP contribution in [0.5, 0.6) is 0 Å². The zero-order valence-corrected chi connectivity index (χ0v) is 41.7. The van der Waals surface area contributed by atoms with Crippen LogP contribution >= 0.6 is 23.2 Å². The Morgan fingerprint density at radius 1 is 0.822 bits per heavy atom. The molecule has 0 aliphatic carbocycles. The maximum Gasteiger partial charge on any atom is 0.271 e. The van der Waals surface area contributed by atoms with Crippen LogP contribution in [0.3, 0.4) is 0 Å². The molecule has 3 aliphatic rings. The van der Waals surface area contributed by atoms with E-state index >= 15 is 0 Å². The number of rotatable bonds is 24. The molecule has 0 aromatic heterocycles. The van der Waals surface area contributed by atoms with Crippen LogP contribution in [0, 0.1) is 5.82 Å². The molecule has 3 atom stereocenters. The number of nitrogens with one attached hydrogen (secondary N) is 3. The molecule has 9 N–H and O–H groups in total. The number of ether oxygens (including phenoxy) is 5. The topological polar surface area (TPSA) is 290 Å². The smallest absolute Gasteiger partial charge is 0.271 e. The highest BCUT2D eigenvalue weighted by molar-refractivity contribution is 6.36. The van der Waals surface area contributed by atoms with E-state index < -0.39 is 41.4 Å². The zero-order valence-electron chi connectivity index (χ0n) is 40.2. The van der Waals surface area contributed by atoms with Crippen molar-refractivity contribution in [2.24, 2.45) is 17.2 Å². The Morgan fingerprint density at radius 3 is 2.08 bits per heavy atom. The lowest BCUT2D eigenvalue weighted by atomic mass is 10.0. The summed E-state index contributed by atoms with van der Waals surface area (Å²) in [6.07, 6.45) is 1.38. The minimum absolute atomic E-state index is 0.0393. The summed E-state index contributed by atoms with van der Waals surface area (Å²) >= 11 is 12.1. The minimum Gasteiger partial charge on any atom is -0.485 e. The van der Waals surface area contributed by atoms with Gasteiger partial charge >= 0.3 is 0 Å². The summed E-state index contributed by atoms with van der Waals surface area (Å²) in [7, 11) is 0. The third kappa shape index (κ3) is 14.5. The van der Waals surface area contributed by atoms with E-state index in [0.717, 1.165) is 17.0 Å². The lowest BCUT2D eigenvalue weighted by Gasteiger charge is -2.44. The van der Waals surface area contributed by atoms with Crippen LogP contribution in [-0.2, 0) is 49.5 Å². The van der Waals surface area contributed by atoms with Crippen LogP contribution < -0.4 is 33.2 Å². The predicted molar refractivity (Wildman–Crippen MR) is 265 cm³/mol. The monoisotopic (exact) mass is 1050 g/mol. The second kappa shape index (κ2) is 26.2. The van der Waals surface area contributed by atoms with Gasteiger partial charge in [-0.15, -0.1) is 0 Å². The fourth-order valence-electron chi connectivity index (χ4n) is 8.30. The number of hydrogen-bond acceptors (Lipinski definition) is 16. The Bertz CT molecular complexity index is 2600. The van der Waals surface area contributed by atoms with Crippen molar-refractivity contribution in [2.75, 3.05) is 83.1 Å². The van der Waals surface area contributed by atoms with Crippen molar-refractivity contribution in [1.29, 1.82) is 0 Å². The van der Waals surface area contributed by atoms with Crippen LogP contribution in [0.4, 0.5) is 15.8 Å². The van der Waals surface area contributed by atoms with Crippen LogP contribution in [-0.4, -0.2) is 147 Å². The minimum atomic E-state index is -1.04. The third-order valence-corrected chi connectivity index (χ3v) is 12.6. The Balaban J connectivity index is 0.802.